The van der Waals surface area contributed by atoms with Crippen molar-refractivity contribution >= 4 is 23.5 Å². The third-order valence-corrected chi connectivity index (χ3v) is 7.23. The summed E-state index contributed by atoms with van der Waals surface area (Å²) in [6, 6.07) is 33.2. The van der Waals surface area contributed by atoms with Crippen molar-refractivity contribution in [3.8, 4) is 11.5 Å². The van der Waals surface area contributed by atoms with Crippen molar-refractivity contribution in [2.24, 2.45) is 0 Å². The lowest BCUT2D eigenvalue weighted by Crippen LogP contribution is -2.27. The Hall–Kier alpha value is -5.47. The highest BCUT2D eigenvalue weighted by Crippen LogP contribution is 2.43. The summed E-state index contributed by atoms with van der Waals surface area (Å²) in [5.41, 5.74) is 3.56. The van der Waals surface area contributed by atoms with E-state index in [9.17, 15) is 9.90 Å². The number of methoxy groups -OCH3 is 2. The summed E-state index contributed by atoms with van der Waals surface area (Å²) in [5.74, 6) is 0.923. The Morgan fingerprint density at radius 3 is 2.20 bits per heavy atom. The first kappa shape index (κ1) is 30.0. The zero-order valence-electron chi connectivity index (χ0n) is 24.5. The summed E-state index contributed by atoms with van der Waals surface area (Å²) in [4.78, 5) is 22.4. The van der Waals surface area contributed by atoms with Crippen LogP contribution in [0.1, 0.15) is 40.4 Å². The van der Waals surface area contributed by atoms with Crippen LogP contribution in [0.25, 0.3) is 6.08 Å². The second-order valence-electron chi connectivity index (χ2n) is 10.00. The van der Waals surface area contributed by atoms with E-state index in [0.29, 0.717) is 28.7 Å². The number of ether oxygens (including phenoxy) is 2. The van der Waals surface area contributed by atoms with Gasteiger partial charge >= 0.3 is 0 Å². The molecule has 3 aromatic carbocycles. The number of anilines is 2. The molecule has 0 radical (unpaired) electrons. The zero-order valence-corrected chi connectivity index (χ0v) is 24.5. The molecule has 0 spiro atoms. The van der Waals surface area contributed by atoms with Crippen molar-refractivity contribution in [1.82, 2.24) is 9.97 Å². The van der Waals surface area contributed by atoms with Crippen molar-refractivity contribution in [3.05, 3.63) is 150 Å². The molecule has 2 heterocycles. The monoisotopic (exact) mass is 586 g/mol. The number of hydrogen-bond donors (Lipinski definition) is 3. The highest BCUT2D eigenvalue weighted by molar-refractivity contribution is 6.02. The maximum atomic E-state index is 13.2. The standard InChI is InChI=1S/C36H34N4O4/c1-43-30-20-18-25(24-31(30)44-2)19-21-33(41)39-28-15-7-6-14-27(28)35(40-32-17-9-11-23-38-32)34(29-16-8-10-22-37-29)36(42)26-12-4-3-5-13-26/h3-24,34-36,42H,1-2H3,(H,38,40)(H,39,41)/t34-,35+,36+/m0/s1. The second-order valence-corrected chi connectivity index (χ2v) is 10.00. The largest absolute Gasteiger partial charge is 0.493 e. The molecule has 0 aliphatic carbocycles. The van der Waals surface area contributed by atoms with E-state index in [1.54, 1.807) is 44.8 Å². The second kappa shape index (κ2) is 14.6. The fourth-order valence-corrected chi connectivity index (χ4v) is 5.10. The Morgan fingerprint density at radius 2 is 1.50 bits per heavy atom. The molecule has 44 heavy (non-hydrogen) atoms. The molecule has 3 N–H and O–H groups in total. The van der Waals surface area contributed by atoms with Gasteiger partial charge in [0.05, 0.1) is 32.3 Å². The Balaban J connectivity index is 1.52. The lowest BCUT2D eigenvalue weighted by Gasteiger charge is -2.33. The van der Waals surface area contributed by atoms with Crippen LogP contribution < -0.4 is 20.1 Å². The SMILES string of the molecule is COc1ccc(C=CC(=O)Nc2ccccc2[C@@H](Nc2ccccn2)[C@H](c2ccccn2)[C@H](O)c2ccccc2)cc1OC. The van der Waals surface area contributed by atoms with Crippen molar-refractivity contribution < 1.29 is 19.4 Å². The molecule has 8 nitrogen and oxygen atoms in total. The molecule has 3 atom stereocenters. The van der Waals surface area contributed by atoms with E-state index in [-0.39, 0.29) is 5.91 Å². The predicted octanol–water partition coefficient (Wildman–Crippen LogP) is 6.82. The van der Waals surface area contributed by atoms with Gasteiger partial charge in [-0.05, 0) is 65.2 Å². The third kappa shape index (κ3) is 7.29. The predicted molar refractivity (Wildman–Crippen MR) is 173 cm³/mol. The number of aliphatic hydroxyl groups is 1. The minimum Gasteiger partial charge on any atom is -0.493 e. The van der Waals surface area contributed by atoms with Gasteiger partial charge in [-0.3, -0.25) is 9.78 Å². The molecule has 2 aromatic heterocycles. The van der Waals surface area contributed by atoms with Crippen LogP contribution in [-0.2, 0) is 4.79 Å². The number of aromatic nitrogens is 2. The summed E-state index contributed by atoms with van der Waals surface area (Å²) in [6.07, 6.45) is 5.66. The molecule has 0 aliphatic heterocycles. The van der Waals surface area contributed by atoms with Gasteiger partial charge in [-0.2, -0.15) is 0 Å². The van der Waals surface area contributed by atoms with Gasteiger partial charge in [0, 0.05) is 29.9 Å². The summed E-state index contributed by atoms with van der Waals surface area (Å²) in [6.45, 7) is 0. The summed E-state index contributed by atoms with van der Waals surface area (Å²) < 4.78 is 10.7. The quantitative estimate of drug-likeness (QED) is 0.138. The van der Waals surface area contributed by atoms with Gasteiger partial charge in [-0.25, -0.2) is 4.98 Å². The van der Waals surface area contributed by atoms with E-state index in [1.165, 1.54) is 6.08 Å². The van der Waals surface area contributed by atoms with Gasteiger partial charge in [-0.1, -0.05) is 66.7 Å². The van der Waals surface area contributed by atoms with Gasteiger partial charge in [0.15, 0.2) is 11.5 Å². The lowest BCUT2D eigenvalue weighted by molar-refractivity contribution is -0.111. The van der Waals surface area contributed by atoms with Gasteiger partial charge < -0.3 is 25.2 Å². The van der Waals surface area contributed by atoms with E-state index in [0.717, 1.165) is 16.7 Å². The van der Waals surface area contributed by atoms with E-state index in [2.05, 4.69) is 20.6 Å². The fourth-order valence-electron chi connectivity index (χ4n) is 5.10. The molecule has 0 bridgehead atoms. The molecule has 0 fully saturated rings. The van der Waals surface area contributed by atoms with Crippen molar-refractivity contribution in [2.45, 2.75) is 18.1 Å². The van der Waals surface area contributed by atoms with Gasteiger partial charge in [0.1, 0.15) is 5.82 Å². The number of pyridine rings is 2. The Labute approximate surface area is 257 Å². The third-order valence-electron chi connectivity index (χ3n) is 7.23. The average molecular weight is 587 g/mol. The fraction of sp³-hybridized carbons (Fsp3) is 0.139. The number of benzene rings is 3. The van der Waals surface area contributed by atoms with Crippen LogP contribution >= 0.6 is 0 Å². The highest BCUT2D eigenvalue weighted by Gasteiger charge is 2.35. The number of rotatable bonds is 12. The molecule has 1 amide bonds. The highest BCUT2D eigenvalue weighted by atomic mass is 16.5. The van der Waals surface area contributed by atoms with Crippen molar-refractivity contribution in [2.75, 3.05) is 24.9 Å². The zero-order chi connectivity index (χ0) is 30.7. The number of aliphatic hydroxyl groups excluding tert-OH is 1. The number of para-hydroxylation sites is 1. The molecule has 5 aromatic rings. The number of hydrogen-bond acceptors (Lipinski definition) is 7. The van der Waals surface area contributed by atoms with Crippen LogP contribution in [0.4, 0.5) is 11.5 Å². The molecule has 0 saturated heterocycles. The van der Waals surface area contributed by atoms with Crippen molar-refractivity contribution in [3.63, 3.8) is 0 Å². The number of nitrogens with zero attached hydrogens (tertiary/aromatic N) is 2. The Kier molecular flexibility index (Phi) is 9.97. The molecule has 0 aliphatic rings. The summed E-state index contributed by atoms with van der Waals surface area (Å²) in [5, 5.41) is 18.5. The molecular formula is C36H34N4O4. The number of amides is 1. The van der Waals surface area contributed by atoms with Gasteiger partial charge in [0.25, 0.3) is 0 Å². The van der Waals surface area contributed by atoms with E-state index in [1.807, 2.05) is 97.1 Å². The van der Waals surface area contributed by atoms with Crippen LogP contribution in [0.3, 0.4) is 0 Å². The minimum atomic E-state index is -0.930. The molecule has 222 valence electrons. The Bertz CT molecular complexity index is 1680. The van der Waals surface area contributed by atoms with Gasteiger partial charge in [0.2, 0.25) is 5.91 Å². The molecular weight excluding hydrogens is 552 g/mol. The van der Waals surface area contributed by atoms with E-state index < -0.39 is 18.1 Å². The first-order valence-electron chi connectivity index (χ1n) is 14.2. The first-order chi connectivity index (χ1) is 21.6. The normalized spacial score (nSPS) is 13.1. The summed E-state index contributed by atoms with van der Waals surface area (Å²) >= 11 is 0. The maximum Gasteiger partial charge on any atom is 0.248 e. The van der Waals surface area contributed by atoms with Crippen LogP contribution in [0, 0.1) is 0 Å². The van der Waals surface area contributed by atoms with Crippen LogP contribution in [0.5, 0.6) is 11.5 Å². The molecule has 5 rings (SSSR count). The number of carbonyl (C=O) groups is 1. The van der Waals surface area contributed by atoms with Crippen LogP contribution in [-0.4, -0.2) is 35.2 Å². The van der Waals surface area contributed by atoms with Crippen LogP contribution in [0.15, 0.2) is 128 Å². The van der Waals surface area contributed by atoms with Crippen molar-refractivity contribution in [1.29, 1.82) is 0 Å². The summed E-state index contributed by atoms with van der Waals surface area (Å²) in [7, 11) is 3.14. The van der Waals surface area contributed by atoms with Gasteiger partial charge in [-0.15, -0.1) is 0 Å². The maximum absolute atomic E-state index is 13.2. The van der Waals surface area contributed by atoms with E-state index in [4.69, 9.17) is 9.47 Å². The van der Waals surface area contributed by atoms with Crippen LogP contribution in [0.2, 0.25) is 0 Å². The topological polar surface area (TPSA) is 106 Å². The Morgan fingerprint density at radius 1 is 0.795 bits per heavy atom. The average Bonchev–Trinajstić information content (AvgIpc) is 3.08. The lowest BCUT2D eigenvalue weighted by atomic mass is 9.82. The van der Waals surface area contributed by atoms with E-state index >= 15 is 0 Å². The molecule has 8 heteroatoms. The first-order valence-corrected chi connectivity index (χ1v) is 14.2. The molecule has 0 saturated carbocycles. The number of nitrogens with one attached hydrogen (secondary N) is 2. The minimum absolute atomic E-state index is 0.318. The molecule has 0 unspecified atom stereocenters. The number of carbonyl (C=O) groups excluding carboxylic acids is 1. The smallest absolute Gasteiger partial charge is 0.248 e.